The largest absolute Gasteiger partial charge is 0.508 e. The smallest absolute Gasteiger partial charge is 0.135 e. The van der Waals surface area contributed by atoms with Gasteiger partial charge < -0.3 is 15.3 Å². The van der Waals surface area contributed by atoms with E-state index >= 15 is 0 Å². The lowest BCUT2D eigenvalue weighted by atomic mass is 10.0. The highest BCUT2D eigenvalue weighted by atomic mass is 35.5. The molecule has 0 saturated heterocycles. The van der Waals surface area contributed by atoms with E-state index in [0.717, 1.165) is 35.7 Å². The lowest BCUT2D eigenvalue weighted by Gasteiger charge is -2.37. The van der Waals surface area contributed by atoms with Gasteiger partial charge in [-0.2, -0.15) is 0 Å². The number of aliphatic imine (C=N–C) groups is 1. The van der Waals surface area contributed by atoms with Crippen LogP contribution in [0.4, 0.5) is 5.69 Å². The van der Waals surface area contributed by atoms with Crippen molar-refractivity contribution in [1.29, 1.82) is 0 Å². The number of halogens is 1. The van der Waals surface area contributed by atoms with Crippen molar-refractivity contribution in [3.05, 3.63) is 58.6 Å². The fourth-order valence-corrected chi connectivity index (χ4v) is 3.14. The fraction of sp³-hybridized carbons (Fsp3) is 0.188. The minimum atomic E-state index is -0.126. The lowest BCUT2D eigenvalue weighted by Crippen LogP contribution is -2.41. The predicted octanol–water partition coefficient (Wildman–Crippen LogP) is 3.23. The molecule has 0 aromatic heterocycles. The number of aromatic hydroxyl groups is 1. The molecule has 2 aromatic carbocycles. The minimum absolute atomic E-state index is 0.126. The van der Waals surface area contributed by atoms with Crippen LogP contribution in [0, 0.1) is 0 Å². The van der Waals surface area contributed by atoms with Crippen molar-refractivity contribution in [3.63, 3.8) is 0 Å². The predicted molar refractivity (Wildman–Crippen MR) is 84.0 cm³/mol. The molecule has 0 spiro atoms. The van der Waals surface area contributed by atoms with Crippen LogP contribution in [-0.4, -0.2) is 28.9 Å². The number of benzene rings is 2. The van der Waals surface area contributed by atoms with Crippen LogP contribution < -0.4 is 5.32 Å². The number of amidine groups is 1. The van der Waals surface area contributed by atoms with Gasteiger partial charge in [0.1, 0.15) is 17.8 Å². The molecule has 2 aliphatic heterocycles. The number of phenolic OH excluding ortho intramolecular Hbond substituents is 1. The number of anilines is 1. The zero-order chi connectivity index (χ0) is 14.4. The van der Waals surface area contributed by atoms with Gasteiger partial charge in [0.2, 0.25) is 0 Å². The summed E-state index contributed by atoms with van der Waals surface area (Å²) < 4.78 is 0. The molecule has 2 heterocycles. The zero-order valence-corrected chi connectivity index (χ0v) is 12.0. The number of hydrogen-bond acceptors (Lipinski definition) is 4. The second kappa shape index (κ2) is 4.67. The van der Waals surface area contributed by atoms with Crippen molar-refractivity contribution < 1.29 is 5.11 Å². The molecule has 5 heteroatoms. The van der Waals surface area contributed by atoms with Gasteiger partial charge in [-0.15, -0.1) is 0 Å². The van der Waals surface area contributed by atoms with Crippen molar-refractivity contribution in [1.82, 2.24) is 4.90 Å². The Morgan fingerprint density at radius 3 is 2.95 bits per heavy atom. The van der Waals surface area contributed by atoms with Gasteiger partial charge in [0, 0.05) is 28.4 Å². The third-order valence-electron chi connectivity index (χ3n) is 3.93. The number of hydrogen-bond donors (Lipinski definition) is 2. The molecule has 1 atom stereocenters. The van der Waals surface area contributed by atoms with Crippen LogP contribution in [0.15, 0.2) is 47.5 Å². The summed E-state index contributed by atoms with van der Waals surface area (Å²) in [5.74, 6) is 1.25. The quantitative estimate of drug-likeness (QED) is 0.850. The molecule has 4 rings (SSSR count). The summed E-state index contributed by atoms with van der Waals surface area (Å²) in [4.78, 5) is 6.80. The van der Waals surface area contributed by atoms with Gasteiger partial charge in [0.25, 0.3) is 0 Å². The topological polar surface area (TPSA) is 47.9 Å². The molecule has 0 aliphatic carbocycles. The van der Waals surface area contributed by atoms with E-state index in [-0.39, 0.29) is 11.9 Å². The van der Waals surface area contributed by atoms with E-state index in [9.17, 15) is 5.11 Å². The van der Waals surface area contributed by atoms with Crippen LogP contribution in [0.3, 0.4) is 0 Å². The van der Waals surface area contributed by atoms with Crippen LogP contribution in [0.1, 0.15) is 17.3 Å². The molecule has 0 saturated carbocycles. The monoisotopic (exact) mass is 299 g/mol. The van der Waals surface area contributed by atoms with Crippen molar-refractivity contribution in [3.8, 4) is 5.75 Å². The SMILES string of the molecule is Oc1ccccc1[C@@H]1Nc2cc(Cl)ccc2C2=NCCN21. The van der Waals surface area contributed by atoms with Gasteiger partial charge in [-0.3, -0.25) is 4.99 Å². The van der Waals surface area contributed by atoms with Crippen LogP contribution in [0.2, 0.25) is 5.02 Å². The standard InChI is InChI=1S/C16H14ClN3O/c17-10-5-6-11-13(9-10)19-16(20-8-7-18-15(11)20)12-3-1-2-4-14(12)21/h1-6,9,16,19,21H,7-8H2/t16-/m1/s1. The first kappa shape index (κ1) is 12.5. The Kier molecular flexibility index (Phi) is 2.79. The molecular formula is C16H14ClN3O. The molecule has 106 valence electrons. The Hall–Kier alpha value is -2.20. The van der Waals surface area contributed by atoms with Crippen LogP contribution in [0.5, 0.6) is 5.75 Å². The molecule has 0 radical (unpaired) electrons. The van der Waals surface area contributed by atoms with Crippen molar-refractivity contribution >= 4 is 23.1 Å². The van der Waals surface area contributed by atoms with Crippen LogP contribution in [0.25, 0.3) is 0 Å². The summed E-state index contributed by atoms with van der Waals surface area (Å²) in [6.07, 6.45) is -0.126. The van der Waals surface area contributed by atoms with E-state index in [0.29, 0.717) is 5.02 Å². The Morgan fingerprint density at radius 1 is 1.24 bits per heavy atom. The Morgan fingerprint density at radius 2 is 2.10 bits per heavy atom. The summed E-state index contributed by atoms with van der Waals surface area (Å²) in [7, 11) is 0. The fourth-order valence-electron chi connectivity index (χ4n) is 2.97. The van der Waals surface area contributed by atoms with Crippen molar-refractivity contribution in [2.75, 3.05) is 18.4 Å². The summed E-state index contributed by atoms with van der Waals surface area (Å²) in [6, 6.07) is 13.2. The first-order valence-electron chi connectivity index (χ1n) is 6.89. The zero-order valence-electron chi connectivity index (χ0n) is 11.3. The summed E-state index contributed by atoms with van der Waals surface area (Å²) >= 11 is 6.10. The maximum absolute atomic E-state index is 10.2. The summed E-state index contributed by atoms with van der Waals surface area (Å²) in [5.41, 5.74) is 2.86. The molecule has 2 N–H and O–H groups in total. The van der Waals surface area contributed by atoms with E-state index in [1.54, 1.807) is 6.07 Å². The Labute approximate surface area is 127 Å². The van der Waals surface area contributed by atoms with Gasteiger partial charge in [0.15, 0.2) is 0 Å². The van der Waals surface area contributed by atoms with Crippen molar-refractivity contribution in [2.24, 2.45) is 4.99 Å². The van der Waals surface area contributed by atoms with E-state index in [1.807, 2.05) is 36.4 Å². The maximum Gasteiger partial charge on any atom is 0.135 e. The maximum atomic E-state index is 10.2. The third-order valence-corrected chi connectivity index (χ3v) is 4.17. The molecule has 21 heavy (non-hydrogen) atoms. The van der Waals surface area contributed by atoms with E-state index in [2.05, 4.69) is 15.2 Å². The number of nitrogens with one attached hydrogen (secondary N) is 1. The second-order valence-electron chi connectivity index (χ2n) is 5.19. The normalized spacial score (nSPS) is 19.6. The van der Waals surface area contributed by atoms with Crippen molar-refractivity contribution in [2.45, 2.75) is 6.17 Å². The number of rotatable bonds is 1. The highest BCUT2D eigenvalue weighted by Crippen LogP contribution is 2.38. The summed E-state index contributed by atoms with van der Waals surface area (Å²) in [6.45, 7) is 1.60. The molecule has 2 aliphatic rings. The molecule has 0 amide bonds. The molecule has 2 aromatic rings. The number of nitrogens with zero attached hydrogens (tertiary/aromatic N) is 2. The van der Waals surface area contributed by atoms with Crippen LogP contribution in [-0.2, 0) is 0 Å². The number of phenols is 1. The van der Waals surface area contributed by atoms with E-state index in [1.165, 1.54) is 0 Å². The lowest BCUT2D eigenvalue weighted by molar-refractivity contribution is 0.356. The molecular weight excluding hydrogens is 286 g/mol. The molecule has 0 fully saturated rings. The van der Waals surface area contributed by atoms with Gasteiger partial charge >= 0.3 is 0 Å². The molecule has 4 nitrogen and oxygen atoms in total. The highest BCUT2D eigenvalue weighted by molar-refractivity contribution is 6.31. The average Bonchev–Trinajstić information content (AvgIpc) is 2.96. The number of para-hydroxylation sites is 1. The van der Waals surface area contributed by atoms with E-state index in [4.69, 9.17) is 11.6 Å². The van der Waals surface area contributed by atoms with Crippen LogP contribution >= 0.6 is 11.6 Å². The first-order valence-corrected chi connectivity index (χ1v) is 7.27. The molecule has 0 unspecified atom stereocenters. The summed E-state index contributed by atoms with van der Waals surface area (Å²) in [5, 5.41) is 14.3. The first-order chi connectivity index (χ1) is 10.2. The third kappa shape index (κ3) is 1.94. The van der Waals surface area contributed by atoms with Gasteiger partial charge in [-0.1, -0.05) is 29.8 Å². The van der Waals surface area contributed by atoms with Gasteiger partial charge in [0.05, 0.1) is 6.54 Å². The highest BCUT2D eigenvalue weighted by Gasteiger charge is 2.34. The Balaban J connectivity index is 1.85. The number of fused-ring (bicyclic) bond motifs is 3. The van der Waals surface area contributed by atoms with E-state index < -0.39 is 0 Å². The average molecular weight is 300 g/mol. The molecule has 0 bridgehead atoms. The van der Waals surface area contributed by atoms with Gasteiger partial charge in [-0.05, 0) is 24.3 Å². The minimum Gasteiger partial charge on any atom is -0.508 e. The second-order valence-corrected chi connectivity index (χ2v) is 5.63. The van der Waals surface area contributed by atoms with Gasteiger partial charge in [-0.25, -0.2) is 0 Å². The Bertz CT molecular complexity index is 744.